The Labute approximate surface area is 190 Å². The van der Waals surface area contributed by atoms with Crippen molar-refractivity contribution in [3.8, 4) is 11.5 Å². The zero-order chi connectivity index (χ0) is 22.4. The Morgan fingerprint density at radius 3 is 2.65 bits per heavy atom. The van der Waals surface area contributed by atoms with Crippen LogP contribution in [0.5, 0.6) is 11.5 Å². The van der Waals surface area contributed by atoms with Gasteiger partial charge in [0.1, 0.15) is 15.8 Å². The van der Waals surface area contributed by atoms with Gasteiger partial charge in [-0.15, -0.1) is 0 Å². The van der Waals surface area contributed by atoms with E-state index in [0.29, 0.717) is 46.7 Å². The molecule has 0 spiro atoms. The summed E-state index contributed by atoms with van der Waals surface area (Å²) in [5.74, 6) is 1.05. The molecule has 0 bridgehead atoms. The van der Waals surface area contributed by atoms with Crippen LogP contribution < -0.4 is 9.47 Å². The highest BCUT2D eigenvalue weighted by atomic mass is 32.2. The molecule has 0 N–H and O–H groups in total. The highest BCUT2D eigenvalue weighted by molar-refractivity contribution is 8.26. The SMILES string of the molecule is CCN1C(=O)/C(=C\c2cc([N+](=O)[O-])ccc2OCCCOc2cccc(C)c2)SC1=S. The number of hydrogen-bond acceptors (Lipinski definition) is 7. The second-order valence-corrected chi connectivity index (χ2v) is 8.45. The second-order valence-electron chi connectivity index (χ2n) is 6.77. The number of thioether (sulfide) groups is 1. The van der Waals surface area contributed by atoms with Crippen molar-refractivity contribution >= 4 is 46.0 Å². The molecule has 2 aromatic carbocycles. The molecule has 1 amide bonds. The number of ether oxygens (including phenoxy) is 2. The number of benzene rings is 2. The van der Waals surface area contributed by atoms with Crippen LogP contribution in [-0.4, -0.2) is 39.8 Å². The maximum Gasteiger partial charge on any atom is 0.270 e. The zero-order valence-electron chi connectivity index (χ0n) is 17.2. The van der Waals surface area contributed by atoms with E-state index in [1.165, 1.54) is 28.8 Å². The Hall–Kier alpha value is -2.91. The van der Waals surface area contributed by atoms with E-state index in [1.807, 2.05) is 38.1 Å². The maximum atomic E-state index is 12.5. The summed E-state index contributed by atoms with van der Waals surface area (Å²) in [5.41, 5.74) is 1.51. The molecule has 31 heavy (non-hydrogen) atoms. The minimum atomic E-state index is -0.478. The lowest BCUT2D eigenvalue weighted by atomic mass is 10.1. The predicted octanol–water partition coefficient (Wildman–Crippen LogP) is 4.97. The molecule has 1 aliphatic rings. The van der Waals surface area contributed by atoms with Gasteiger partial charge in [0.05, 0.1) is 23.0 Å². The van der Waals surface area contributed by atoms with Gasteiger partial charge < -0.3 is 9.47 Å². The van der Waals surface area contributed by atoms with Crippen molar-refractivity contribution in [2.24, 2.45) is 0 Å². The fraction of sp³-hybridized carbons (Fsp3) is 0.273. The first-order valence-electron chi connectivity index (χ1n) is 9.75. The molecule has 1 heterocycles. The summed E-state index contributed by atoms with van der Waals surface area (Å²) in [5, 5.41) is 11.2. The Morgan fingerprint density at radius 1 is 1.19 bits per heavy atom. The third-order valence-electron chi connectivity index (χ3n) is 4.49. The Morgan fingerprint density at radius 2 is 1.97 bits per heavy atom. The van der Waals surface area contributed by atoms with Gasteiger partial charge in [-0.05, 0) is 43.7 Å². The average molecular weight is 459 g/mol. The van der Waals surface area contributed by atoms with E-state index in [9.17, 15) is 14.9 Å². The van der Waals surface area contributed by atoms with Crippen molar-refractivity contribution in [3.63, 3.8) is 0 Å². The van der Waals surface area contributed by atoms with E-state index >= 15 is 0 Å². The highest BCUT2D eigenvalue weighted by Crippen LogP contribution is 2.35. The highest BCUT2D eigenvalue weighted by Gasteiger charge is 2.31. The lowest BCUT2D eigenvalue weighted by Crippen LogP contribution is -2.27. The summed E-state index contributed by atoms with van der Waals surface area (Å²) in [6.45, 7) is 5.15. The molecule has 9 heteroatoms. The summed E-state index contributed by atoms with van der Waals surface area (Å²) < 4.78 is 12.0. The number of likely N-dealkylation sites (N-methyl/N-ethyl adjacent to an activating group) is 1. The lowest BCUT2D eigenvalue weighted by Gasteiger charge is -2.11. The molecule has 1 aliphatic heterocycles. The molecule has 0 saturated carbocycles. The summed E-state index contributed by atoms with van der Waals surface area (Å²) in [6, 6.07) is 12.1. The first-order valence-corrected chi connectivity index (χ1v) is 11.0. The number of thiocarbonyl (C=S) groups is 1. The summed E-state index contributed by atoms with van der Waals surface area (Å²) >= 11 is 6.41. The van der Waals surface area contributed by atoms with E-state index in [0.717, 1.165) is 11.3 Å². The number of rotatable bonds is 9. The first-order chi connectivity index (χ1) is 14.9. The van der Waals surface area contributed by atoms with Gasteiger partial charge in [-0.3, -0.25) is 19.8 Å². The van der Waals surface area contributed by atoms with Crippen LogP contribution in [0, 0.1) is 17.0 Å². The Kier molecular flexibility index (Phi) is 7.64. The van der Waals surface area contributed by atoms with Crippen molar-refractivity contribution in [2.45, 2.75) is 20.3 Å². The van der Waals surface area contributed by atoms with Crippen molar-refractivity contribution in [3.05, 3.63) is 68.6 Å². The third-order valence-corrected chi connectivity index (χ3v) is 5.86. The number of nitro groups is 1. The fourth-order valence-corrected chi connectivity index (χ4v) is 4.32. The maximum absolute atomic E-state index is 12.5. The Balaban J connectivity index is 1.68. The van der Waals surface area contributed by atoms with E-state index < -0.39 is 4.92 Å². The quantitative estimate of drug-likeness (QED) is 0.172. The van der Waals surface area contributed by atoms with Gasteiger partial charge in [0.25, 0.3) is 11.6 Å². The standard InChI is InChI=1S/C22H22N2O5S2/c1-3-23-21(25)20(31-22(23)30)14-16-13-17(24(26)27)8-9-19(16)29-11-5-10-28-18-7-4-6-15(2)12-18/h4,6-9,12-14H,3,5,10-11H2,1-2H3/b20-14+. The topological polar surface area (TPSA) is 81.9 Å². The molecule has 162 valence electrons. The van der Waals surface area contributed by atoms with Crippen molar-refractivity contribution in [1.82, 2.24) is 4.90 Å². The molecule has 0 aromatic heterocycles. The van der Waals surface area contributed by atoms with E-state index in [4.69, 9.17) is 21.7 Å². The molecule has 3 rings (SSSR count). The van der Waals surface area contributed by atoms with E-state index in [1.54, 1.807) is 12.1 Å². The summed E-state index contributed by atoms with van der Waals surface area (Å²) in [6.07, 6.45) is 2.23. The summed E-state index contributed by atoms with van der Waals surface area (Å²) in [7, 11) is 0. The summed E-state index contributed by atoms with van der Waals surface area (Å²) in [4.78, 5) is 25.1. The molecule has 0 radical (unpaired) electrons. The molecule has 1 saturated heterocycles. The number of carbonyl (C=O) groups excluding carboxylic acids is 1. The average Bonchev–Trinajstić information content (AvgIpc) is 3.00. The van der Waals surface area contributed by atoms with Gasteiger partial charge in [0, 0.05) is 30.7 Å². The van der Waals surface area contributed by atoms with Crippen molar-refractivity contribution in [1.29, 1.82) is 0 Å². The molecule has 0 atom stereocenters. The lowest BCUT2D eigenvalue weighted by molar-refractivity contribution is -0.384. The number of amides is 1. The molecular formula is C22H22N2O5S2. The molecule has 0 aliphatic carbocycles. The van der Waals surface area contributed by atoms with Crippen LogP contribution >= 0.6 is 24.0 Å². The first kappa shape index (κ1) is 22.8. The van der Waals surface area contributed by atoms with Gasteiger partial charge in [-0.2, -0.15) is 0 Å². The van der Waals surface area contributed by atoms with Crippen LogP contribution in [0.1, 0.15) is 24.5 Å². The number of hydrogen-bond donors (Lipinski definition) is 0. The minimum Gasteiger partial charge on any atom is -0.493 e. The molecule has 0 unspecified atom stereocenters. The number of nitro benzene ring substituents is 1. The largest absolute Gasteiger partial charge is 0.493 e. The normalized spacial score (nSPS) is 14.9. The number of nitrogens with zero attached hydrogens (tertiary/aromatic N) is 2. The fourth-order valence-electron chi connectivity index (χ4n) is 2.94. The number of aryl methyl sites for hydroxylation is 1. The molecule has 2 aromatic rings. The van der Waals surface area contributed by atoms with Crippen LogP contribution in [0.25, 0.3) is 6.08 Å². The Bertz CT molecular complexity index is 1040. The van der Waals surface area contributed by atoms with Crippen molar-refractivity contribution in [2.75, 3.05) is 19.8 Å². The molecular weight excluding hydrogens is 436 g/mol. The van der Waals surface area contributed by atoms with Crippen molar-refractivity contribution < 1.29 is 19.2 Å². The van der Waals surface area contributed by atoms with Gasteiger partial charge in [0.15, 0.2) is 0 Å². The molecule has 7 nitrogen and oxygen atoms in total. The van der Waals surface area contributed by atoms with Crippen LogP contribution in [0.4, 0.5) is 5.69 Å². The number of non-ortho nitro benzene ring substituents is 1. The van der Waals surface area contributed by atoms with Gasteiger partial charge in [-0.25, -0.2) is 0 Å². The predicted molar refractivity (Wildman–Crippen MR) is 125 cm³/mol. The van der Waals surface area contributed by atoms with E-state index in [-0.39, 0.29) is 11.6 Å². The third kappa shape index (κ3) is 5.83. The monoisotopic (exact) mass is 458 g/mol. The smallest absolute Gasteiger partial charge is 0.270 e. The van der Waals surface area contributed by atoms with Gasteiger partial charge >= 0.3 is 0 Å². The number of carbonyl (C=O) groups is 1. The van der Waals surface area contributed by atoms with Crippen LogP contribution in [0.3, 0.4) is 0 Å². The van der Waals surface area contributed by atoms with E-state index in [2.05, 4.69) is 0 Å². The van der Waals surface area contributed by atoms with Crippen LogP contribution in [0.2, 0.25) is 0 Å². The molecule has 1 fully saturated rings. The zero-order valence-corrected chi connectivity index (χ0v) is 18.8. The minimum absolute atomic E-state index is 0.0765. The van der Waals surface area contributed by atoms with Gasteiger partial charge in [0.2, 0.25) is 0 Å². The van der Waals surface area contributed by atoms with Crippen LogP contribution in [-0.2, 0) is 4.79 Å². The second kappa shape index (κ2) is 10.4. The van der Waals surface area contributed by atoms with Crippen LogP contribution in [0.15, 0.2) is 47.4 Å². The van der Waals surface area contributed by atoms with Gasteiger partial charge in [-0.1, -0.05) is 36.1 Å².